The number of amides is 2. The van der Waals surface area contributed by atoms with Gasteiger partial charge < -0.3 is 5.32 Å². The largest absolute Gasteiger partial charge is 0.332 e. The molecule has 0 aliphatic heterocycles. The quantitative estimate of drug-likeness (QED) is 0.119. The van der Waals surface area contributed by atoms with Crippen molar-refractivity contribution in [2.75, 3.05) is 10.3 Å². The summed E-state index contributed by atoms with van der Waals surface area (Å²) in [6.07, 6.45) is 3.09. The van der Waals surface area contributed by atoms with Crippen LogP contribution in [0, 0.1) is 6.92 Å². The molecule has 0 aliphatic carbocycles. The topological polar surface area (TPSA) is 118 Å². The van der Waals surface area contributed by atoms with Gasteiger partial charge in [0.15, 0.2) is 11.6 Å². The number of hydrazine groups is 1. The van der Waals surface area contributed by atoms with Gasteiger partial charge in [-0.05, 0) is 67.6 Å². The van der Waals surface area contributed by atoms with Crippen LogP contribution in [0.15, 0.2) is 84.9 Å². The number of hydrogen-bond donors (Lipinski definition) is 2. The maximum atomic E-state index is 12.5. The number of carbonyl (C=O) groups is 3. The molecule has 8 nitrogen and oxygen atoms in total. The van der Waals surface area contributed by atoms with Crippen molar-refractivity contribution in [2.45, 2.75) is 6.92 Å². The number of nitrogens with two attached hydrogens (primary N) is 1. The SMILES string of the molecule is Cc1cccc(N(N)C(=O)C(=O)Nc2ccc(C(=O)C=Cc3ccc4ccccc4n3)cc2)n1. The van der Waals surface area contributed by atoms with Crippen LogP contribution in [0.5, 0.6) is 0 Å². The molecule has 4 rings (SSSR count). The number of aromatic nitrogens is 2. The van der Waals surface area contributed by atoms with Gasteiger partial charge in [-0.3, -0.25) is 14.4 Å². The lowest BCUT2D eigenvalue weighted by Gasteiger charge is -2.15. The molecular formula is C26H21N5O3. The van der Waals surface area contributed by atoms with Crippen LogP contribution in [-0.4, -0.2) is 27.6 Å². The number of allylic oxidation sites excluding steroid dienone is 1. The van der Waals surface area contributed by atoms with Crippen LogP contribution in [0.3, 0.4) is 0 Å². The van der Waals surface area contributed by atoms with E-state index in [1.54, 1.807) is 37.3 Å². The van der Waals surface area contributed by atoms with Crippen LogP contribution in [0.4, 0.5) is 11.5 Å². The summed E-state index contributed by atoms with van der Waals surface area (Å²) in [6, 6.07) is 22.7. The van der Waals surface area contributed by atoms with E-state index in [1.165, 1.54) is 24.3 Å². The molecule has 3 N–H and O–H groups in total. The molecule has 0 radical (unpaired) electrons. The van der Waals surface area contributed by atoms with Crippen LogP contribution in [0.2, 0.25) is 0 Å². The number of carbonyl (C=O) groups excluding carboxylic acids is 3. The zero-order valence-corrected chi connectivity index (χ0v) is 18.3. The third-order valence-electron chi connectivity index (χ3n) is 4.99. The molecule has 0 fully saturated rings. The lowest BCUT2D eigenvalue weighted by Crippen LogP contribution is -2.45. The molecule has 0 unspecified atom stereocenters. The molecule has 4 aromatic rings. The minimum Gasteiger partial charge on any atom is -0.318 e. The van der Waals surface area contributed by atoms with Crippen molar-refractivity contribution in [1.29, 1.82) is 0 Å². The molecule has 0 atom stereocenters. The van der Waals surface area contributed by atoms with Crippen molar-refractivity contribution >= 4 is 46.1 Å². The third kappa shape index (κ3) is 5.20. The number of anilines is 2. The molecule has 2 amide bonds. The van der Waals surface area contributed by atoms with E-state index in [0.29, 0.717) is 27.6 Å². The number of para-hydroxylation sites is 1. The van der Waals surface area contributed by atoms with Gasteiger partial charge in [0.2, 0.25) is 0 Å². The summed E-state index contributed by atoms with van der Waals surface area (Å²) in [6.45, 7) is 1.75. The van der Waals surface area contributed by atoms with E-state index in [9.17, 15) is 14.4 Å². The molecule has 0 saturated heterocycles. The highest BCUT2D eigenvalue weighted by Gasteiger charge is 2.22. The number of nitrogens with one attached hydrogen (secondary N) is 1. The second-order valence-corrected chi connectivity index (χ2v) is 7.47. The number of pyridine rings is 2. The molecular weight excluding hydrogens is 430 g/mol. The summed E-state index contributed by atoms with van der Waals surface area (Å²) >= 11 is 0. The smallest absolute Gasteiger partial charge is 0.318 e. The first-order chi connectivity index (χ1) is 16.4. The standard InChI is InChI=1S/C26H21N5O3/c1-17-5-4-8-24(28-17)31(27)26(34)25(33)30-21-13-10-19(11-14-21)23(32)16-15-20-12-9-18-6-2-3-7-22(18)29-20/h2-16H,27H2,1H3,(H,30,33). The lowest BCUT2D eigenvalue weighted by molar-refractivity contribution is -0.134. The zero-order chi connectivity index (χ0) is 24.1. The van der Waals surface area contributed by atoms with Gasteiger partial charge in [-0.2, -0.15) is 0 Å². The fourth-order valence-electron chi connectivity index (χ4n) is 3.21. The monoisotopic (exact) mass is 451 g/mol. The van der Waals surface area contributed by atoms with Gasteiger partial charge in [-0.25, -0.2) is 20.8 Å². The highest BCUT2D eigenvalue weighted by molar-refractivity contribution is 6.43. The van der Waals surface area contributed by atoms with Crippen LogP contribution in [-0.2, 0) is 9.59 Å². The molecule has 0 saturated carbocycles. The lowest BCUT2D eigenvalue weighted by atomic mass is 10.1. The van der Waals surface area contributed by atoms with Gasteiger partial charge in [0.1, 0.15) is 0 Å². The number of ketones is 1. The van der Waals surface area contributed by atoms with Crippen molar-refractivity contribution in [2.24, 2.45) is 5.84 Å². The maximum absolute atomic E-state index is 12.5. The van der Waals surface area contributed by atoms with Crippen molar-refractivity contribution in [1.82, 2.24) is 9.97 Å². The highest BCUT2D eigenvalue weighted by atomic mass is 16.2. The van der Waals surface area contributed by atoms with E-state index in [0.717, 1.165) is 10.9 Å². The van der Waals surface area contributed by atoms with E-state index in [-0.39, 0.29) is 11.6 Å². The van der Waals surface area contributed by atoms with Crippen LogP contribution < -0.4 is 16.2 Å². The fourth-order valence-corrected chi connectivity index (χ4v) is 3.21. The van der Waals surface area contributed by atoms with Crippen molar-refractivity contribution in [3.05, 3.63) is 102 Å². The first-order valence-corrected chi connectivity index (χ1v) is 10.4. The van der Waals surface area contributed by atoms with Gasteiger partial charge in [0.05, 0.1) is 11.2 Å². The van der Waals surface area contributed by atoms with Gasteiger partial charge in [0, 0.05) is 22.3 Å². The average molecular weight is 451 g/mol. The Morgan fingerprint density at radius 2 is 1.65 bits per heavy atom. The van der Waals surface area contributed by atoms with Crippen molar-refractivity contribution in [3.8, 4) is 0 Å². The van der Waals surface area contributed by atoms with Gasteiger partial charge in [-0.1, -0.05) is 30.3 Å². The number of benzene rings is 2. The summed E-state index contributed by atoms with van der Waals surface area (Å²) in [5.41, 5.74) is 2.95. The predicted octanol–water partition coefficient (Wildman–Crippen LogP) is 3.68. The summed E-state index contributed by atoms with van der Waals surface area (Å²) < 4.78 is 0. The van der Waals surface area contributed by atoms with Crippen LogP contribution in [0.1, 0.15) is 21.7 Å². The molecule has 0 spiro atoms. The van der Waals surface area contributed by atoms with E-state index >= 15 is 0 Å². The molecule has 168 valence electrons. The molecule has 2 aromatic carbocycles. The minimum atomic E-state index is -0.968. The van der Waals surface area contributed by atoms with Crippen LogP contribution >= 0.6 is 0 Å². The van der Waals surface area contributed by atoms with Gasteiger partial charge >= 0.3 is 11.8 Å². The summed E-state index contributed by atoms with van der Waals surface area (Å²) in [4.78, 5) is 45.7. The second kappa shape index (κ2) is 9.85. The Morgan fingerprint density at radius 3 is 2.41 bits per heavy atom. The number of rotatable bonds is 5. The first-order valence-electron chi connectivity index (χ1n) is 10.4. The average Bonchev–Trinajstić information content (AvgIpc) is 2.86. The predicted molar refractivity (Wildman–Crippen MR) is 131 cm³/mol. The Morgan fingerprint density at radius 1 is 0.882 bits per heavy atom. The highest BCUT2D eigenvalue weighted by Crippen LogP contribution is 2.15. The van der Waals surface area contributed by atoms with Crippen LogP contribution in [0.25, 0.3) is 17.0 Å². The van der Waals surface area contributed by atoms with Gasteiger partial charge in [-0.15, -0.1) is 0 Å². The van der Waals surface area contributed by atoms with Gasteiger partial charge in [0.25, 0.3) is 0 Å². The normalized spacial score (nSPS) is 10.9. The van der Waals surface area contributed by atoms with Crippen molar-refractivity contribution in [3.63, 3.8) is 0 Å². The van der Waals surface area contributed by atoms with E-state index in [4.69, 9.17) is 5.84 Å². The molecule has 34 heavy (non-hydrogen) atoms. The maximum Gasteiger partial charge on any atom is 0.332 e. The third-order valence-corrected chi connectivity index (χ3v) is 4.99. The second-order valence-electron chi connectivity index (χ2n) is 7.47. The number of hydrogen-bond acceptors (Lipinski definition) is 6. The van der Waals surface area contributed by atoms with Crippen molar-refractivity contribution < 1.29 is 14.4 Å². The molecule has 8 heteroatoms. The molecule has 2 aromatic heterocycles. The Hall–Kier alpha value is -4.69. The van der Waals surface area contributed by atoms with E-state index in [2.05, 4.69) is 15.3 Å². The number of aryl methyl sites for hydroxylation is 1. The Kier molecular flexibility index (Phi) is 6.52. The molecule has 0 bridgehead atoms. The summed E-state index contributed by atoms with van der Waals surface area (Å²) in [5, 5.41) is 4.18. The Bertz CT molecular complexity index is 1410. The number of fused-ring (bicyclic) bond motifs is 1. The minimum absolute atomic E-state index is 0.161. The Balaban J connectivity index is 1.38. The summed E-state index contributed by atoms with van der Waals surface area (Å²) in [7, 11) is 0. The van der Waals surface area contributed by atoms with E-state index in [1.807, 2.05) is 36.4 Å². The first kappa shape index (κ1) is 22.5. The van der Waals surface area contributed by atoms with E-state index < -0.39 is 11.8 Å². The molecule has 2 heterocycles. The zero-order valence-electron chi connectivity index (χ0n) is 18.3. The molecule has 0 aliphatic rings. The summed E-state index contributed by atoms with van der Waals surface area (Å²) in [5.74, 6) is 3.79. The fraction of sp³-hybridized carbons (Fsp3) is 0.0385. The Labute approximate surface area is 195 Å². The number of nitrogens with zero attached hydrogens (tertiary/aromatic N) is 3.